The molecule has 136 valence electrons. The van der Waals surface area contributed by atoms with Crippen molar-refractivity contribution in [3.63, 3.8) is 0 Å². The second-order valence-electron chi connectivity index (χ2n) is 6.28. The molecule has 0 saturated carbocycles. The predicted octanol–water partition coefficient (Wildman–Crippen LogP) is 3.02. The van der Waals surface area contributed by atoms with Crippen LogP contribution >= 0.6 is 0 Å². The van der Waals surface area contributed by atoms with Gasteiger partial charge in [-0.2, -0.15) is 10.1 Å². The van der Waals surface area contributed by atoms with Crippen LogP contribution in [0, 0.1) is 5.82 Å². The Hall–Kier alpha value is -3.48. The second kappa shape index (κ2) is 7.03. The van der Waals surface area contributed by atoms with E-state index in [1.165, 1.54) is 17.1 Å². The maximum atomic E-state index is 14.6. The number of rotatable bonds is 4. The summed E-state index contributed by atoms with van der Waals surface area (Å²) < 4.78 is 16.1. The van der Waals surface area contributed by atoms with Crippen LogP contribution in [-0.2, 0) is 11.3 Å². The highest BCUT2D eigenvalue weighted by Gasteiger charge is 2.34. The summed E-state index contributed by atoms with van der Waals surface area (Å²) in [6.45, 7) is 2.16. The Balaban J connectivity index is 1.70. The molecule has 1 aliphatic heterocycles. The van der Waals surface area contributed by atoms with E-state index in [1.54, 1.807) is 25.1 Å². The Morgan fingerprint density at radius 3 is 2.70 bits per heavy atom. The molecule has 0 spiro atoms. The van der Waals surface area contributed by atoms with Gasteiger partial charge in [-0.15, -0.1) is 0 Å². The molecule has 0 bridgehead atoms. The van der Waals surface area contributed by atoms with Crippen LogP contribution in [-0.4, -0.2) is 20.7 Å². The first-order chi connectivity index (χ1) is 13.1. The first kappa shape index (κ1) is 17.0. The maximum Gasteiger partial charge on any atom is 0.251 e. The molecule has 7 heteroatoms. The molecule has 1 aromatic heterocycles. The third-order valence-corrected chi connectivity index (χ3v) is 4.53. The van der Waals surface area contributed by atoms with Gasteiger partial charge in [-0.3, -0.25) is 4.79 Å². The molecule has 1 atom stereocenters. The molecule has 1 unspecified atom stereocenters. The lowest BCUT2D eigenvalue weighted by molar-refractivity contribution is -0.118. The van der Waals surface area contributed by atoms with Crippen LogP contribution in [0.5, 0.6) is 0 Å². The SMILES string of the molecule is CC1=C(C(=O)NCc2ccccc2)C(c2ccccc2F)n2ncnc2N1. The van der Waals surface area contributed by atoms with E-state index in [-0.39, 0.29) is 5.91 Å². The van der Waals surface area contributed by atoms with Gasteiger partial charge in [0.2, 0.25) is 5.95 Å². The number of benzene rings is 2. The Kier molecular flexibility index (Phi) is 4.42. The summed E-state index contributed by atoms with van der Waals surface area (Å²) in [7, 11) is 0. The van der Waals surface area contributed by atoms with Crippen LogP contribution in [0.15, 0.2) is 72.2 Å². The molecule has 0 saturated heterocycles. The van der Waals surface area contributed by atoms with Crippen LogP contribution in [0.3, 0.4) is 0 Å². The predicted molar refractivity (Wildman–Crippen MR) is 99.2 cm³/mol. The second-order valence-corrected chi connectivity index (χ2v) is 6.28. The first-order valence-electron chi connectivity index (χ1n) is 8.59. The van der Waals surface area contributed by atoms with Gasteiger partial charge in [-0.25, -0.2) is 9.07 Å². The molecule has 4 rings (SSSR count). The van der Waals surface area contributed by atoms with Gasteiger partial charge >= 0.3 is 0 Å². The van der Waals surface area contributed by atoms with Gasteiger partial charge in [0, 0.05) is 17.8 Å². The van der Waals surface area contributed by atoms with Crippen molar-refractivity contribution >= 4 is 11.9 Å². The van der Waals surface area contributed by atoms with E-state index >= 15 is 0 Å². The Morgan fingerprint density at radius 1 is 1.19 bits per heavy atom. The number of nitrogens with one attached hydrogen (secondary N) is 2. The number of nitrogens with zero attached hydrogens (tertiary/aromatic N) is 3. The molecule has 6 nitrogen and oxygen atoms in total. The topological polar surface area (TPSA) is 71.8 Å². The largest absolute Gasteiger partial charge is 0.348 e. The standard InChI is InChI=1S/C20H18FN5O/c1-13-17(19(27)22-11-14-7-3-2-4-8-14)18(15-9-5-6-10-16(15)21)26-20(25-13)23-12-24-26/h2-10,12,18H,11H2,1H3,(H,22,27)(H,23,24,25). The van der Waals surface area contributed by atoms with Gasteiger partial charge in [0.15, 0.2) is 0 Å². The highest BCUT2D eigenvalue weighted by molar-refractivity contribution is 5.96. The third kappa shape index (κ3) is 3.19. The van der Waals surface area contributed by atoms with Crippen molar-refractivity contribution in [3.8, 4) is 0 Å². The minimum atomic E-state index is -0.694. The molecule has 0 fully saturated rings. The summed E-state index contributed by atoms with van der Waals surface area (Å²) in [4.78, 5) is 17.2. The molecular formula is C20H18FN5O. The fourth-order valence-corrected chi connectivity index (χ4v) is 3.24. The number of aromatic nitrogens is 3. The number of carbonyl (C=O) groups is 1. The van der Waals surface area contributed by atoms with Crippen molar-refractivity contribution in [3.05, 3.63) is 89.1 Å². The van der Waals surface area contributed by atoms with Crippen molar-refractivity contribution in [1.29, 1.82) is 0 Å². The van der Waals surface area contributed by atoms with E-state index in [9.17, 15) is 9.18 Å². The summed E-state index contributed by atoms with van der Waals surface area (Å²) in [5.74, 6) is -0.203. The van der Waals surface area contributed by atoms with Crippen LogP contribution in [0.1, 0.15) is 24.1 Å². The average molecular weight is 363 g/mol. The maximum absolute atomic E-state index is 14.6. The van der Waals surface area contributed by atoms with Gasteiger partial charge < -0.3 is 10.6 Å². The highest BCUT2D eigenvalue weighted by Crippen LogP contribution is 2.35. The van der Waals surface area contributed by atoms with Crippen molar-refractivity contribution < 1.29 is 9.18 Å². The highest BCUT2D eigenvalue weighted by atomic mass is 19.1. The van der Waals surface area contributed by atoms with Gasteiger partial charge in [-0.1, -0.05) is 48.5 Å². The van der Waals surface area contributed by atoms with Crippen molar-refractivity contribution in [1.82, 2.24) is 20.1 Å². The number of fused-ring (bicyclic) bond motifs is 1. The smallest absolute Gasteiger partial charge is 0.251 e. The van der Waals surface area contributed by atoms with Crippen LogP contribution in [0.4, 0.5) is 10.3 Å². The van der Waals surface area contributed by atoms with Gasteiger partial charge in [0.25, 0.3) is 5.91 Å². The third-order valence-electron chi connectivity index (χ3n) is 4.53. The Labute approximate surface area is 155 Å². The lowest BCUT2D eigenvalue weighted by atomic mass is 9.94. The molecular weight excluding hydrogens is 345 g/mol. The van der Waals surface area contributed by atoms with Gasteiger partial charge in [0.05, 0.1) is 5.57 Å². The molecule has 1 aliphatic rings. The molecule has 3 aromatic rings. The van der Waals surface area contributed by atoms with Crippen molar-refractivity contribution in [2.75, 3.05) is 5.32 Å². The normalized spacial score (nSPS) is 15.9. The fourth-order valence-electron chi connectivity index (χ4n) is 3.24. The summed E-state index contributed by atoms with van der Waals surface area (Å²) in [5, 5.41) is 10.2. The van der Waals surface area contributed by atoms with Crippen molar-refractivity contribution in [2.45, 2.75) is 19.5 Å². The number of amides is 1. The average Bonchev–Trinajstić information content (AvgIpc) is 3.14. The molecule has 0 radical (unpaired) electrons. The van der Waals surface area contributed by atoms with E-state index in [2.05, 4.69) is 20.7 Å². The zero-order chi connectivity index (χ0) is 18.8. The molecule has 27 heavy (non-hydrogen) atoms. The molecule has 0 aliphatic carbocycles. The molecule has 2 heterocycles. The molecule has 2 aromatic carbocycles. The number of allylic oxidation sites excluding steroid dienone is 1. The summed E-state index contributed by atoms with van der Waals surface area (Å²) >= 11 is 0. The Bertz CT molecular complexity index is 1010. The van der Waals surface area contributed by atoms with E-state index in [0.717, 1.165) is 5.56 Å². The van der Waals surface area contributed by atoms with Crippen molar-refractivity contribution in [2.24, 2.45) is 0 Å². The number of carbonyl (C=O) groups excluding carboxylic acids is 1. The van der Waals surface area contributed by atoms with E-state index in [4.69, 9.17) is 0 Å². The van der Waals surface area contributed by atoms with Gasteiger partial charge in [0.1, 0.15) is 18.2 Å². The first-order valence-corrected chi connectivity index (χ1v) is 8.59. The van der Waals surface area contributed by atoms with E-state index in [1.807, 2.05) is 30.3 Å². The number of anilines is 1. The summed E-state index contributed by atoms with van der Waals surface area (Å²) in [6.07, 6.45) is 1.38. The minimum Gasteiger partial charge on any atom is -0.348 e. The minimum absolute atomic E-state index is 0.279. The van der Waals surface area contributed by atoms with Gasteiger partial charge in [-0.05, 0) is 18.6 Å². The van der Waals surface area contributed by atoms with E-state index in [0.29, 0.717) is 29.3 Å². The van der Waals surface area contributed by atoms with E-state index < -0.39 is 11.9 Å². The molecule has 2 N–H and O–H groups in total. The molecule has 1 amide bonds. The number of hydrogen-bond donors (Lipinski definition) is 2. The summed E-state index contributed by atoms with van der Waals surface area (Å²) in [5.41, 5.74) is 2.38. The quantitative estimate of drug-likeness (QED) is 0.747. The zero-order valence-electron chi connectivity index (χ0n) is 14.7. The zero-order valence-corrected chi connectivity index (χ0v) is 14.7. The number of halogens is 1. The summed E-state index contributed by atoms with van der Waals surface area (Å²) in [6, 6.07) is 15.3. The van der Waals surface area contributed by atoms with Crippen LogP contribution in [0.25, 0.3) is 0 Å². The van der Waals surface area contributed by atoms with Crippen LogP contribution < -0.4 is 10.6 Å². The van der Waals surface area contributed by atoms with Crippen LogP contribution in [0.2, 0.25) is 0 Å². The Morgan fingerprint density at radius 2 is 1.93 bits per heavy atom. The number of hydrogen-bond acceptors (Lipinski definition) is 4. The lowest BCUT2D eigenvalue weighted by Gasteiger charge is -2.29. The lowest BCUT2D eigenvalue weighted by Crippen LogP contribution is -2.35. The fraction of sp³-hybridized carbons (Fsp3) is 0.150. The monoisotopic (exact) mass is 363 g/mol.